The highest BCUT2D eigenvalue weighted by atomic mass is 19.4. The third-order valence-electron chi connectivity index (χ3n) is 8.33. The molecule has 180 valence electrons. The summed E-state index contributed by atoms with van der Waals surface area (Å²) in [5.41, 5.74) is -0.0575. The molecule has 1 aliphatic heterocycles. The van der Waals surface area contributed by atoms with Crippen LogP contribution in [0.15, 0.2) is 24.3 Å². The summed E-state index contributed by atoms with van der Waals surface area (Å²) in [6.45, 7) is 3.06. The molecule has 1 aromatic carbocycles. The van der Waals surface area contributed by atoms with Crippen molar-refractivity contribution in [2.24, 2.45) is 23.2 Å². The van der Waals surface area contributed by atoms with Gasteiger partial charge in [-0.2, -0.15) is 13.2 Å². The third-order valence-corrected chi connectivity index (χ3v) is 8.33. The van der Waals surface area contributed by atoms with Gasteiger partial charge in [-0.05, 0) is 74.0 Å². The van der Waals surface area contributed by atoms with E-state index in [9.17, 15) is 22.8 Å². The predicted octanol–water partition coefficient (Wildman–Crippen LogP) is 3.68. The van der Waals surface area contributed by atoms with E-state index in [0.29, 0.717) is 50.5 Å². The number of hydrogen-bond acceptors (Lipinski definition) is 3. The Kier molecular flexibility index (Phi) is 5.91. The van der Waals surface area contributed by atoms with Crippen molar-refractivity contribution in [2.75, 3.05) is 32.7 Å². The molecule has 0 spiro atoms. The van der Waals surface area contributed by atoms with Crippen molar-refractivity contribution in [3.05, 3.63) is 35.4 Å². The number of alkyl halides is 3. The van der Waals surface area contributed by atoms with Crippen LogP contribution in [-0.2, 0) is 22.3 Å². The molecule has 0 aromatic heterocycles. The minimum Gasteiger partial charge on any atom is -0.347 e. The molecule has 1 saturated heterocycles. The molecule has 1 heterocycles. The van der Waals surface area contributed by atoms with E-state index < -0.39 is 11.7 Å². The van der Waals surface area contributed by atoms with E-state index in [2.05, 4.69) is 10.2 Å². The average molecular weight is 464 g/mol. The molecule has 5 aliphatic rings. The number of carbonyl (C=O) groups excluding carboxylic acids is 2. The van der Waals surface area contributed by atoms with Crippen LogP contribution in [0.2, 0.25) is 0 Å². The van der Waals surface area contributed by atoms with E-state index in [4.69, 9.17) is 0 Å². The monoisotopic (exact) mass is 463 g/mol. The molecule has 8 heteroatoms. The van der Waals surface area contributed by atoms with E-state index in [1.165, 1.54) is 31.4 Å². The molecule has 5 fully saturated rings. The summed E-state index contributed by atoms with van der Waals surface area (Å²) < 4.78 is 38.2. The van der Waals surface area contributed by atoms with Crippen LogP contribution < -0.4 is 5.32 Å². The first-order valence-electron chi connectivity index (χ1n) is 12.1. The number of benzene rings is 1. The second kappa shape index (κ2) is 8.60. The van der Waals surface area contributed by atoms with Gasteiger partial charge in [-0.3, -0.25) is 14.5 Å². The summed E-state index contributed by atoms with van der Waals surface area (Å²) in [7, 11) is 0. The maximum Gasteiger partial charge on any atom is 0.416 e. The first kappa shape index (κ1) is 22.7. The van der Waals surface area contributed by atoms with Crippen LogP contribution in [0.25, 0.3) is 0 Å². The third kappa shape index (κ3) is 4.77. The highest BCUT2D eigenvalue weighted by molar-refractivity contribution is 5.88. The molecular formula is C25H32F3N3O2. The highest BCUT2D eigenvalue weighted by Crippen LogP contribution is 2.60. The average Bonchev–Trinajstić information content (AvgIpc) is 2.76. The quantitative estimate of drug-likeness (QED) is 0.725. The minimum atomic E-state index is -4.32. The Morgan fingerprint density at radius 1 is 0.909 bits per heavy atom. The summed E-state index contributed by atoms with van der Waals surface area (Å²) in [5.74, 6) is 2.10. The topological polar surface area (TPSA) is 52.7 Å². The lowest BCUT2D eigenvalue weighted by Gasteiger charge is -2.55. The summed E-state index contributed by atoms with van der Waals surface area (Å²) in [6, 6.07) is 5.25. The zero-order chi connectivity index (χ0) is 23.2. The molecule has 4 saturated carbocycles. The molecular weight excluding hydrogens is 431 g/mol. The number of carbonyl (C=O) groups is 2. The molecule has 1 N–H and O–H groups in total. The Hall–Kier alpha value is -2.09. The lowest BCUT2D eigenvalue weighted by molar-refractivity contribution is -0.148. The number of piperazine rings is 1. The number of rotatable bonds is 5. The van der Waals surface area contributed by atoms with Crippen molar-refractivity contribution in [3.8, 4) is 0 Å². The normalized spacial score (nSPS) is 31.6. The van der Waals surface area contributed by atoms with Crippen LogP contribution in [0.5, 0.6) is 0 Å². The SMILES string of the molecule is O=C(CNC(=O)C12CC3CC(CC(C3)C1)C2)N1CCN(Cc2ccc(C(F)(F)F)cc2)CC1. The number of halogens is 3. The molecule has 33 heavy (non-hydrogen) atoms. The fourth-order valence-electron chi connectivity index (χ4n) is 7.06. The predicted molar refractivity (Wildman–Crippen MR) is 117 cm³/mol. The molecule has 2 amide bonds. The summed E-state index contributed by atoms with van der Waals surface area (Å²) in [5, 5.41) is 2.97. The van der Waals surface area contributed by atoms with Gasteiger partial charge in [-0.25, -0.2) is 0 Å². The van der Waals surface area contributed by atoms with Gasteiger partial charge in [0.1, 0.15) is 0 Å². The number of hydrogen-bond donors (Lipinski definition) is 1. The maximum absolute atomic E-state index is 13.1. The van der Waals surface area contributed by atoms with E-state index in [0.717, 1.165) is 37.0 Å². The smallest absolute Gasteiger partial charge is 0.347 e. The Bertz CT molecular complexity index is 856. The maximum atomic E-state index is 13.1. The zero-order valence-corrected chi connectivity index (χ0v) is 18.9. The van der Waals surface area contributed by atoms with Gasteiger partial charge in [0, 0.05) is 38.1 Å². The molecule has 4 bridgehead atoms. The highest BCUT2D eigenvalue weighted by Gasteiger charge is 2.54. The fraction of sp³-hybridized carbons (Fsp3) is 0.680. The van der Waals surface area contributed by atoms with E-state index in [-0.39, 0.29) is 23.8 Å². The van der Waals surface area contributed by atoms with Gasteiger partial charge in [0.25, 0.3) is 0 Å². The van der Waals surface area contributed by atoms with Crippen LogP contribution in [0, 0.1) is 23.2 Å². The largest absolute Gasteiger partial charge is 0.416 e. The molecule has 0 atom stereocenters. The van der Waals surface area contributed by atoms with Gasteiger partial charge in [0.05, 0.1) is 12.1 Å². The van der Waals surface area contributed by atoms with Crippen LogP contribution in [0.1, 0.15) is 49.7 Å². The lowest BCUT2D eigenvalue weighted by Crippen LogP contribution is -2.55. The summed E-state index contributed by atoms with van der Waals surface area (Å²) in [6.07, 6.45) is 2.48. The van der Waals surface area contributed by atoms with Crippen molar-refractivity contribution in [3.63, 3.8) is 0 Å². The second-order valence-corrected chi connectivity index (χ2v) is 10.7. The molecule has 4 aliphatic carbocycles. The van der Waals surface area contributed by atoms with Crippen molar-refractivity contribution in [1.82, 2.24) is 15.1 Å². The summed E-state index contributed by atoms with van der Waals surface area (Å²) >= 11 is 0. The van der Waals surface area contributed by atoms with Gasteiger partial charge in [-0.1, -0.05) is 12.1 Å². The Morgan fingerprint density at radius 3 is 1.97 bits per heavy atom. The van der Waals surface area contributed by atoms with Gasteiger partial charge in [0.2, 0.25) is 11.8 Å². The van der Waals surface area contributed by atoms with Gasteiger partial charge >= 0.3 is 6.18 Å². The van der Waals surface area contributed by atoms with Crippen LogP contribution in [0.3, 0.4) is 0 Å². The van der Waals surface area contributed by atoms with Crippen LogP contribution in [-0.4, -0.2) is 54.3 Å². The van der Waals surface area contributed by atoms with Crippen molar-refractivity contribution in [2.45, 2.75) is 51.2 Å². The van der Waals surface area contributed by atoms with E-state index in [1.54, 1.807) is 4.90 Å². The second-order valence-electron chi connectivity index (χ2n) is 10.7. The Balaban J connectivity index is 1.07. The number of nitrogens with zero attached hydrogens (tertiary/aromatic N) is 2. The standard InChI is InChI=1S/C25H32F3N3O2/c26-25(27,28)21-3-1-17(2-4-21)16-30-5-7-31(8-6-30)22(32)15-29-23(33)24-12-18-9-19(13-24)11-20(10-18)14-24/h1-4,18-20H,5-16H2,(H,29,33). The molecule has 1 aromatic rings. The first-order valence-corrected chi connectivity index (χ1v) is 12.1. The van der Waals surface area contributed by atoms with Gasteiger partial charge < -0.3 is 10.2 Å². The van der Waals surface area contributed by atoms with Crippen LogP contribution in [0.4, 0.5) is 13.2 Å². The molecule has 6 rings (SSSR count). The molecule has 5 nitrogen and oxygen atoms in total. The molecule has 0 radical (unpaired) electrons. The Labute approximate surface area is 192 Å². The number of nitrogens with one attached hydrogen (secondary N) is 1. The minimum absolute atomic E-state index is 0.0535. The van der Waals surface area contributed by atoms with Crippen LogP contribution >= 0.6 is 0 Å². The lowest BCUT2D eigenvalue weighted by atomic mass is 9.49. The summed E-state index contributed by atoms with van der Waals surface area (Å²) in [4.78, 5) is 29.7. The first-order chi connectivity index (χ1) is 15.7. The van der Waals surface area contributed by atoms with E-state index in [1.807, 2.05) is 0 Å². The fourth-order valence-corrected chi connectivity index (χ4v) is 7.06. The Morgan fingerprint density at radius 2 is 1.45 bits per heavy atom. The van der Waals surface area contributed by atoms with E-state index >= 15 is 0 Å². The number of amides is 2. The molecule has 0 unspecified atom stereocenters. The van der Waals surface area contributed by atoms with Crippen molar-refractivity contribution >= 4 is 11.8 Å². The zero-order valence-electron chi connectivity index (χ0n) is 18.9. The van der Waals surface area contributed by atoms with Crippen molar-refractivity contribution < 1.29 is 22.8 Å². The van der Waals surface area contributed by atoms with Crippen molar-refractivity contribution in [1.29, 1.82) is 0 Å². The van der Waals surface area contributed by atoms with Gasteiger partial charge in [-0.15, -0.1) is 0 Å². The van der Waals surface area contributed by atoms with Gasteiger partial charge in [0.15, 0.2) is 0 Å².